The van der Waals surface area contributed by atoms with Crippen molar-refractivity contribution in [3.05, 3.63) is 53.9 Å². The molecule has 216 valence electrons. The Bertz CT molecular complexity index is 1240. The van der Waals surface area contributed by atoms with Gasteiger partial charge in [-0.05, 0) is 24.3 Å². The Morgan fingerprint density at radius 1 is 1.10 bits per heavy atom. The molecule has 5 rings (SSSR count). The lowest BCUT2D eigenvalue weighted by atomic mass is 9.70. The number of benzene rings is 1. The van der Waals surface area contributed by atoms with Crippen molar-refractivity contribution in [3.63, 3.8) is 0 Å². The molecule has 2 saturated heterocycles. The van der Waals surface area contributed by atoms with Gasteiger partial charge in [0.1, 0.15) is 6.04 Å². The molecule has 1 aromatic heterocycles. The molecule has 0 radical (unpaired) electrons. The van der Waals surface area contributed by atoms with E-state index in [1.807, 2.05) is 61.6 Å². The summed E-state index contributed by atoms with van der Waals surface area (Å²) in [6, 6.07) is 8.91. The van der Waals surface area contributed by atoms with Crippen LogP contribution < -0.4 is 10.6 Å². The zero-order valence-electron chi connectivity index (χ0n) is 24.2. The minimum atomic E-state index is -0.837. The fraction of sp³-hybridized carbons (Fsp3) is 0.600. The Labute approximate surface area is 236 Å². The van der Waals surface area contributed by atoms with Gasteiger partial charge in [-0.3, -0.25) is 24.0 Å². The van der Waals surface area contributed by atoms with Crippen molar-refractivity contribution in [1.29, 1.82) is 0 Å². The van der Waals surface area contributed by atoms with Gasteiger partial charge < -0.3 is 20.3 Å². The molecular weight excluding hydrogens is 508 g/mol. The SMILES string of the molecule is CNC(=O)[C@@H](NC(=O)[C@H]1CN(Cc2cnn(C)c2)CC12CN(C(=O)[C@H]1CC1(C)C)C2)[C@@H](C)OCc1ccccc1. The van der Waals surface area contributed by atoms with Crippen molar-refractivity contribution in [2.45, 2.75) is 52.5 Å². The first-order valence-corrected chi connectivity index (χ1v) is 14.2. The Morgan fingerprint density at radius 3 is 2.40 bits per heavy atom. The molecule has 3 aliphatic rings. The number of amides is 3. The monoisotopic (exact) mass is 550 g/mol. The summed E-state index contributed by atoms with van der Waals surface area (Å²) in [5.74, 6) is -0.545. The quantitative estimate of drug-likeness (QED) is 0.465. The van der Waals surface area contributed by atoms with Gasteiger partial charge in [-0.2, -0.15) is 5.10 Å². The van der Waals surface area contributed by atoms with E-state index in [2.05, 4.69) is 34.5 Å². The molecule has 4 atom stereocenters. The summed E-state index contributed by atoms with van der Waals surface area (Å²) in [5, 5.41) is 9.99. The second-order valence-corrected chi connectivity index (χ2v) is 12.6. The van der Waals surface area contributed by atoms with Gasteiger partial charge in [0.2, 0.25) is 17.7 Å². The average Bonchev–Trinajstić information content (AvgIpc) is 3.20. The zero-order chi connectivity index (χ0) is 28.7. The summed E-state index contributed by atoms with van der Waals surface area (Å²) in [4.78, 5) is 44.1. The van der Waals surface area contributed by atoms with Crippen molar-refractivity contribution >= 4 is 17.7 Å². The number of aromatic nitrogens is 2. The van der Waals surface area contributed by atoms with Gasteiger partial charge in [0.05, 0.1) is 24.8 Å². The number of nitrogens with zero attached hydrogens (tertiary/aromatic N) is 4. The van der Waals surface area contributed by atoms with Crippen LogP contribution in [-0.4, -0.2) is 82.7 Å². The number of hydrogen-bond donors (Lipinski definition) is 2. The minimum Gasteiger partial charge on any atom is -0.371 e. The summed E-state index contributed by atoms with van der Waals surface area (Å²) < 4.78 is 7.80. The van der Waals surface area contributed by atoms with Gasteiger partial charge >= 0.3 is 0 Å². The summed E-state index contributed by atoms with van der Waals surface area (Å²) in [5.41, 5.74) is 1.80. The van der Waals surface area contributed by atoms with Crippen molar-refractivity contribution in [2.24, 2.45) is 29.7 Å². The molecule has 40 heavy (non-hydrogen) atoms. The van der Waals surface area contributed by atoms with E-state index in [0.29, 0.717) is 39.3 Å². The highest BCUT2D eigenvalue weighted by Crippen LogP contribution is 2.54. The number of hydrogen-bond acceptors (Lipinski definition) is 6. The summed E-state index contributed by atoms with van der Waals surface area (Å²) >= 11 is 0. The topological polar surface area (TPSA) is 109 Å². The van der Waals surface area contributed by atoms with Gasteiger partial charge in [-0.15, -0.1) is 0 Å². The van der Waals surface area contributed by atoms with Crippen LogP contribution in [0.4, 0.5) is 0 Å². The summed E-state index contributed by atoms with van der Waals surface area (Å²) in [7, 11) is 3.45. The highest BCUT2D eigenvalue weighted by atomic mass is 16.5. The predicted octanol–water partition coefficient (Wildman–Crippen LogP) is 1.56. The molecule has 1 aromatic carbocycles. The van der Waals surface area contributed by atoms with Crippen LogP contribution in [0.2, 0.25) is 0 Å². The molecule has 2 N–H and O–H groups in total. The van der Waals surface area contributed by atoms with Crippen LogP contribution in [0.25, 0.3) is 0 Å². The van der Waals surface area contributed by atoms with Crippen LogP contribution >= 0.6 is 0 Å². The average molecular weight is 551 g/mol. The van der Waals surface area contributed by atoms with Crippen molar-refractivity contribution in [1.82, 2.24) is 30.2 Å². The third-order valence-corrected chi connectivity index (χ3v) is 8.99. The predicted molar refractivity (Wildman–Crippen MR) is 150 cm³/mol. The van der Waals surface area contributed by atoms with E-state index in [9.17, 15) is 14.4 Å². The molecule has 0 unspecified atom stereocenters. The Morgan fingerprint density at radius 2 is 1.80 bits per heavy atom. The molecule has 1 spiro atoms. The largest absolute Gasteiger partial charge is 0.371 e. The second kappa shape index (κ2) is 11.0. The van der Waals surface area contributed by atoms with E-state index < -0.39 is 12.1 Å². The van der Waals surface area contributed by atoms with Crippen LogP contribution in [0.15, 0.2) is 42.7 Å². The smallest absolute Gasteiger partial charge is 0.245 e. The van der Waals surface area contributed by atoms with Gasteiger partial charge in [0.25, 0.3) is 0 Å². The number of rotatable bonds is 10. The van der Waals surface area contributed by atoms with Crippen molar-refractivity contribution < 1.29 is 19.1 Å². The number of likely N-dealkylation sites (N-methyl/N-ethyl adjacent to an activating group) is 1. The van der Waals surface area contributed by atoms with Crippen LogP contribution in [0, 0.1) is 22.7 Å². The highest BCUT2D eigenvalue weighted by Gasteiger charge is 2.61. The number of likely N-dealkylation sites (tertiary alicyclic amines) is 2. The number of nitrogens with one attached hydrogen (secondary N) is 2. The molecule has 1 aliphatic carbocycles. The number of carbonyl (C=O) groups is 3. The van der Waals surface area contributed by atoms with E-state index in [1.165, 1.54) is 0 Å². The molecule has 2 aromatic rings. The van der Waals surface area contributed by atoms with E-state index in [0.717, 1.165) is 17.5 Å². The first-order chi connectivity index (χ1) is 19.0. The number of aryl methyl sites for hydroxylation is 1. The van der Waals surface area contributed by atoms with Gasteiger partial charge in [0, 0.05) is 69.9 Å². The first kappa shape index (κ1) is 28.3. The molecule has 10 nitrogen and oxygen atoms in total. The van der Waals surface area contributed by atoms with Crippen molar-refractivity contribution in [3.8, 4) is 0 Å². The lowest BCUT2D eigenvalue weighted by molar-refractivity contribution is -0.152. The van der Waals surface area contributed by atoms with Crippen LogP contribution in [0.1, 0.15) is 38.3 Å². The van der Waals surface area contributed by atoms with Gasteiger partial charge in [0.15, 0.2) is 0 Å². The normalized spacial score (nSPS) is 24.3. The zero-order valence-corrected chi connectivity index (χ0v) is 24.2. The summed E-state index contributed by atoms with van der Waals surface area (Å²) in [6.07, 6.45) is 4.21. The molecule has 0 bridgehead atoms. The van der Waals surface area contributed by atoms with E-state index in [4.69, 9.17) is 4.74 Å². The first-order valence-electron chi connectivity index (χ1n) is 14.2. The lowest BCUT2D eigenvalue weighted by Gasteiger charge is -2.51. The Kier molecular flexibility index (Phi) is 7.76. The molecule has 2 aliphatic heterocycles. The second-order valence-electron chi connectivity index (χ2n) is 12.6. The molecular formula is C30H42N6O4. The van der Waals surface area contributed by atoms with E-state index in [1.54, 1.807) is 11.7 Å². The van der Waals surface area contributed by atoms with Crippen molar-refractivity contribution in [2.75, 3.05) is 33.2 Å². The fourth-order valence-corrected chi connectivity index (χ4v) is 6.37. The molecule has 3 fully saturated rings. The molecule has 3 amide bonds. The van der Waals surface area contributed by atoms with E-state index >= 15 is 0 Å². The van der Waals surface area contributed by atoms with Crippen LogP contribution in [0.3, 0.4) is 0 Å². The van der Waals surface area contributed by atoms with Gasteiger partial charge in [-0.25, -0.2) is 0 Å². The van der Waals surface area contributed by atoms with Crippen LogP contribution in [-0.2, 0) is 39.3 Å². The fourth-order valence-electron chi connectivity index (χ4n) is 6.37. The lowest BCUT2D eigenvalue weighted by Crippen LogP contribution is -2.65. The molecule has 10 heteroatoms. The number of ether oxygens (including phenoxy) is 1. The summed E-state index contributed by atoms with van der Waals surface area (Å²) in [6.45, 7) is 9.47. The number of carbonyl (C=O) groups excluding carboxylic acids is 3. The Hall–Kier alpha value is -3.24. The third-order valence-electron chi connectivity index (χ3n) is 8.99. The maximum atomic E-state index is 13.9. The third kappa shape index (κ3) is 5.78. The maximum Gasteiger partial charge on any atom is 0.245 e. The molecule has 3 heterocycles. The standard InChI is InChI=1S/C30H42N6O4/c1-20(40-16-21-9-7-6-8-10-21)25(27(38)31-4)33-26(37)24-15-35(14-22-12-32-34(5)13-22)17-30(24)18-36(19-30)28(39)23-11-29(23,2)3/h6-10,12-13,20,23-25H,11,14-19H2,1-5H3,(H,31,38)(H,33,37)/t20-,23-,24-,25+/m1/s1. The van der Waals surface area contributed by atoms with E-state index in [-0.39, 0.29) is 40.4 Å². The van der Waals surface area contributed by atoms with Crippen LogP contribution in [0.5, 0.6) is 0 Å². The highest BCUT2D eigenvalue weighted by molar-refractivity contribution is 5.90. The minimum absolute atomic E-state index is 0.0647. The Balaban J connectivity index is 1.29. The van der Waals surface area contributed by atoms with Gasteiger partial charge in [-0.1, -0.05) is 44.2 Å². The molecule has 1 saturated carbocycles. The maximum absolute atomic E-state index is 13.9.